The fourth-order valence-corrected chi connectivity index (χ4v) is 6.73. The van der Waals surface area contributed by atoms with E-state index in [1.807, 2.05) is 97.2 Å². The van der Waals surface area contributed by atoms with Crippen LogP contribution >= 0.6 is 7.14 Å². The highest BCUT2D eigenvalue weighted by Crippen LogP contribution is 2.55. The molecule has 0 heterocycles. The van der Waals surface area contributed by atoms with Gasteiger partial charge in [0.25, 0.3) is 0 Å². The average Bonchev–Trinajstić information content (AvgIpc) is 2.69. The molecule has 3 aromatic carbocycles. The third-order valence-electron chi connectivity index (χ3n) is 4.56. The number of nitrogens with zero attached hydrogens (tertiary/aromatic N) is 1. The lowest BCUT2D eigenvalue weighted by atomic mass is 9.97. The predicted octanol–water partition coefficient (Wildman–Crippen LogP) is 5.49. The minimum absolute atomic E-state index is 0.271. The summed E-state index contributed by atoms with van der Waals surface area (Å²) in [7, 11) is -2.99. The molecule has 0 saturated carbocycles. The van der Waals surface area contributed by atoms with Crippen molar-refractivity contribution in [2.75, 3.05) is 0 Å². The minimum atomic E-state index is -2.99. The first-order valence-corrected chi connectivity index (χ1v) is 11.0. The highest BCUT2D eigenvalue weighted by Gasteiger charge is 2.43. The Bertz CT molecular complexity index is 885. The molecule has 0 radical (unpaired) electrons. The highest BCUT2D eigenvalue weighted by atomic mass is 31.2. The number of benzene rings is 3. The van der Waals surface area contributed by atoms with E-state index in [-0.39, 0.29) is 11.2 Å². The van der Waals surface area contributed by atoms with Crippen LogP contribution in [-0.4, -0.2) is 12.0 Å². The molecule has 27 heavy (non-hydrogen) atoms. The fourth-order valence-electron chi connectivity index (χ4n) is 3.29. The maximum absolute atomic E-state index is 14.7. The molecule has 1 atom stereocenters. The zero-order valence-corrected chi connectivity index (χ0v) is 17.0. The lowest BCUT2D eigenvalue weighted by molar-refractivity contribution is 0.388. The van der Waals surface area contributed by atoms with Crippen molar-refractivity contribution in [3.05, 3.63) is 96.6 Å². The van der Waals surface area contributed by atoms with Gasteiger partial charge in [-0.15, -0.1) is 0 Å². The van der Waals surface area contributed by atoms with Crippen LogP contribution in [0.3, 0.4) is 0 Å². The topological polar surface area (TPSA) is 29.4 Å². The molecule has 0 N–H and O–H groups in total. The Balaban J connectivity index is 2.18. The summed E-state index contributed by atoms with van der Waals surface area (Å²) in [5, 5.41) is 1.70. The van der Waals surface area contributed by atoms with Gasteiger partial charge in [-0.25, -0.2) is 0 Å². The molecule has 138 valence electrons. The van der Waals surface area contributed by atoms with E-state index in [0.717, 1.165) is 16.2 Å². The van der Waals surface area contributed by atoms with E-state index in [1.54, 1.807) is 0 Å². The molecule has 0 aliphatic rings. The second-order valence-electron chi connectivity index (χ2n) is 7.76. The van der Waals surface area contributed by atoms with Crippen LogP contribution in [0.15, 0.2) is 96.0 Å². The zero-order valence-electron chi connectivity index (χ0n) is 16.1. The van der Waals surface area contributed by atoms with Gasteiger partial charge in [-0.05, 0) is 11.0 Å². The van der Waals surface area contributed by atoms with Crippen molar-refractivity contribution >= 4 is 24.0 Å². The third kappa shape index (κ3) is 4.28. The summed E-state index contributed by atoms with van der Waals surface area (Å²) < 4.78 is 14.7. The van der Waals surface area contributed by atoms with Gasteiger partial charge < -0.3 is 4.57 Å². The molecule has 3 heteroatoms. The van der Waals surface area contributed by atoms with Gasteiger partial charge in [-0.3, -0.25) is 4.99 Å². The van der Waals surface area contributed by atoms with Gasteiger partial charge in [0.2, 0.25) is 0 Å². The molecule has 0 fully saturated rings. The summed E-state index contributed by atoms with van der Waals surface area (Å²) in [4.78, 5) is 4.90. The largest absolute Gasteiger partial charge is 0.311 e. The Morgan fingerprint density at radius 3 is 1.56 bits per heavy atom. The Hall–Kier alpha value is -2.44. The first-order chi connectivity index (χ1) is 12.9. The monoisotopic (exact) mass is 375 g/mol. The summed E-state index contributed by atoms with van der Waals surface area (Å²) in [6.45, 7) is 6.33. The van der Waals surface area contributed by atoms with Crippen molar-refractivity contribution in [2.24, 2.45) is 10.4 Å². The van der Waals surface area contributed by atoms with Gasteiger partial charge in [0.15, 0.2) is 7.14 Å². The lowest BCUT2D eigenvalue weighted by Gasteiger charge is -2.35. The highest BCUT2D eigenvalue weighted by molar-refractivity contribution is 7.79. The summed E-state index contributed by atoms with van der Waals surface area (Å²) in [5.41, 5.74) is 0.742. The second kappa shape index (κ2) is 8.06. The Morgan fingerprint density at radius 1 is 0.741 bits per heavy atom. The molecule has 0 aliphatic heterocycles. The molecule has 3 rings (SSSR count). The van der Waals surface area contributed by atoms with Gasteiger partial charge in [-0.1, -0.05) is 112 Å². The van der Waals surface area contributed by atoms with Crippen molar-refractivity contribution < 1.29 is 4.57 Å². The van der Waals surface area contributed by atoms with Crippen LogP contribution in [0.1, 0.15) is 26.3 Å². The van der Waals surface area contributed by atoms with Crippen LogP contribution < -0.4 is 10.6 Å². The van der Waals surface area contributed by atoms with Gasteiger partial charge in [0.1, 0.15) is 5.78 Å². The first kappa shape index (κ1) is 19.3. The molecule has 0 aromatic heterocycles. The van der Waals surface area contributed by atoms with Crippen LogP contribution in [0.2, 0.25) is 0 Å². The maximum Gasteiger partial charge on any atom is 0.167 e. The zero-order chi connectivity index (χ0) is 19.3. The third-order valence-corrected chi connectivity index (χ3v) is 8.29. The van der Waals surface area contributed by atoms with Crippen LogP contribution in [0.4, 0.5) is 0 Å². The molecule has 3 aromatic rings. The van der Waals surface area contributed by atoms with E-state index >= 15 is 0 Å². The van der Waals surface area contributed by atoms with Crippen LogP contribution in [0, 0.1) is 5.41 Å². The Labute approximate surface area is 162 Å². The van der Waals surface area contributed by atoms with Gasteiger partial charge in [-0.2, -0.15) is 0 Å². The van der Waals surface area contributed by atoms with Crippen molar-refractivity contribution in [3.8, 4) is 0 Å². The van der Waals surface area contributed by atoms with E-state index in [9.17, 15) is 4.57 Å². The quantitative estimate of drug-likeness (QED) is 0.428. The molecule has 0 saturated heterocycles. The van der Waals surface area contributed by atoms with Crippen LogP contribution in [0.25, 0.3) is 0 Å². The number of hydrogen-bond donors (Lipinski definition) is 0. The maximum atomic E-state index is 14.7. The Morgan fingerprint density at radius 2 is 1.15 bits per heavy atom. The number of aliphatic imine (C=N–C) groups is 1. The molecule has 0 bridgehead atoms. The van der Waals surface area contributed by atoms with E-state index in [4.69, 9.17) is 4.99 Å². The predicted molar refractivity (Wildman–Crippen MR) is 117 cm³/mol. The molecular weight excluding hydrogens is 349 g/mol. The van der Waals surface area contributed by atoms with E-state index in [1.165, 1.54) is 0 Å². The van der Waals surface area contributed by atoms with Crippen LogP contribution in [-0.2, 0) is 4.57 Å². The molecule has 1 unspecified atom stereocenters. The molecular formula is C24H26NOP. The second-order valence-corrected chi connectivity index (χ2v) is 10.6. The summed E-state index contributed by atoms with van der Waals surface area (Å²) in [6.07, 6.45) is 1.86. The summed E-state index contributed by atoms with van der Waals surface area (Å²) in [5.74, 6) is -0.366. The smallest absolute Gasteiger partial charge is 0.167 e. The SMILES string of the molecule is CC(C)(C)C(/N=C/c1ccccc1)P(=O)(c1ccccc1)c1ccccc1. The van der Waals surface area contributed by atoms with E-state index < -0.39 is 7.14 Å². The normalized spacial score (nSPS) is 13.6. The summed E-state index contributed by atoms with van der Waals surface area (Å²) >= 11 is 0. The first-order valence-electron chi connectivity index (χ1n) is 9.21. The molecule has 0 amide bonds. The minimum Gasteiger partial charge on any atom is -0.311 e. The van der Waals surface area contributed by atoms with Crippen molar-refractivity contribution in [1.82, 2.24) is 0 Å². The molecule has 0 spiro atoms. The Kier molecular flexibility index (Phi) is 5.77. The molecule has 2 nitrogen and oxygen atoms in total. The lowest BCUT2D eigenvalue weighted by Crippen LogP contribution is -2.34. The standard InChI is InChI=1S/C24H26NOP/c1-24(2,3)23(25-19-20-13-7-4-8-14-20)27(26,21-15-9-5-10-16-21)22-17-11-6-12-18-22/h4-19,23H,1-3H3/b25-19+. The van der Waals surface area contributed by atoms with Crippen molar-refractivity contribution in [1.29, 1.82) is 0 Å². The van der Waals surface area contributed by atoms with E-state index in [2.05, 4.69) is 20.8 Å². The summed E-state index contributed by atoms with van der Waals surface area (Å²) in [6, 6.07) is 29.5. The van der Waals surface area contributed by atoms with Gasteiger partial charge >= 0.3 is 0 Å². The number of rotatable bonds is 5. The van der Waals surface area contributed by atoms with E-state index in [0.29, 0.717) is 0 Å². The fraction of sp³-hybridized carbons (Fsp3) is 0.208. The van der Waals surface area contributed by atoms with Gasteiger partial charge in [0, 0.05) is 16.8 Å². The van der Waals surface area contributed by atoms with Crippen molar-refractivity contribution in [3.63, 3.8) is 0 Å². The van der Waals surface area contributed by atoms with Crippen LogP contribution in [0.5, 0.6) is 0 Å². The number of hydrogen-bond acceptors (Lipinski definition) is 2. The van der Waals surface area contributed by atoms with Gasteiger partial charge in [0.05, 0.1) is 0 Å². The molecule has 0 aliphatic carbocycles. The van der Waals surface area contributed by atoms with Crippen molar-refractivity contribution in [2.45, 2.75) is 26.6 Å². The average molecular weight is 375 g/mol.